The highest BCUT2D eigenvalue weighted by molar-refractivity contribution is 14.1. The van der Waals surface area contributed by atoms with Gasteiger partial charge in [0, 0.05) is 3.57 Å². The van der Waals surface area contributed by atoms with Gasteiger partial charge in [-0.25, -0.2) is 0 Å². The van der Waals surface area contributed by atoms with Crippen LogP contribution in [0.3, 0.4) is 0 Å². The second kappa shape index (κ2) is 5.57. The number of hydrogen-bond acceptors (Lipinski definition) is 0. The van der Waals surface area contributed by atoms with Crippen LogP contribution >= 0.6 is 22.6 Å². The monoisotopic (exact) mass is 356 g/mol. The summed E-state index contributed by atoms with van der Waals surface area (Å²) in [5, 5.41) is 0. The molecule has 0 radical (unpaired) electrons. The molecule has 0 aliphatic heterocycles. The Hall–Kier alpha value is -1.61. The fourth-order valence-electron chi connectivity index (χ4n) is 2.21. The molecule has 3 aromatic rings. The Morgan fingerprint density at radius 2 is 0.895 bits per heavy atom. The van der Waals surface area contributed by atoms with Gasteiger partial charge in [0.15, 0.2) is 0 Å². The molecule has 0 heterocycles. The Labute approximate surface area is 127 Å². The summed E-state index contributed by atoms with van der Waals surface area (Å²) in [5.41, 5.74) is 5.12. The van der Waals surface area contributed by atoms with Gasteiger partial charge >= 0.3 is 0 Å². The highest BCUT2D eigenvalue weighted by atomic mass is 127. The van der Waals surface area contributed by atoms with Crippen molar-refractivity contribution in [2.24, 2.45) is 0 Å². The molecule has 0 aromatic heterocycles. The lowest BCUT2D eigenvalue weighted by Crippen LogP contribution is -1.87. The molecule has 0 saturated carbocycles. The molecular weight excluding hydrogens is 343 g/mol. The van der Waals surface area contributed by atoms with Gasteiger partial charge in [-0.3, -0.25) is 0 Å². The molecule has 1 heteroatoms. The first kappa shape index (κ1) is 12.4. The third-order valence-electron chi connectivity index (χ3n) is 3.17. The third-order valence-corrected chi connectivity index (χ3v) is 4.33. The van der Waals surface area contributed by atoms with Crippen LogP contribution in [0, 0.1) is 3.57 Å². The molecule has 0 aliphatic rings. The van der Waals surface area contributed by atoms with Gasteiger partial charge in [0.1, 0.15) is 0 Å². The molecule has 0 atom stereocenters. The highest BCUT2D eigenvalue weighted by Gasteiger charge is 2.08. The Kier molecular flexibility index (Phi) is 3.65. The van der Waals surface area contributed by atoms with Crippen molar-refractivity contribution < 1.29 is 0 Å². The minimum atomic E-state index is 1.27. The van der Waals surface area contributed by atoms with Crippen LogP contribution in [0.2, 0.25) is 0 Å². The quantitative estimate of drug-likeness (QED) is 0.523. The van der Waals surface area contributed by atoms with Gasteiger partial charge in [0.05, 0.1) is 0 Å². The summed E-state index contributed by atoms with van der Waals surface area (Å²) < 4.78 is 1.30. The first-order valence-electron chi connectivity index (χ1n) is 6.25. The van der Waals surface area contributed by atoms with Crippen LogP contribution in [0.4, 0.5) is 0 Å². The maximum Gasteiger partial charge on any atom is 0.0287 e. The van der Waals surface area contributed by atoms with Gasteiger partial charge in [0.2, 0.25) is 0 Å². The predicted octanol–water partition coefficient (Wildman–Crippen LogP) is 5.63. The first-order chi connectivity index (χ1) is 9.36. The molecule has 0 nitrogen and oxygen atoms in total. The van der Waals surface area contributed by atoms with Crippen molar-refractivity contribution in [2.45, 2.75) is 0 Å². The maximum atomic E-state index is 2.45. The average Bonchev–Trinajstić information content (AvgIpc) is 2.49. The van der Waals surface area contributed by atoms with Crippen LogP contribution in [-0.4, -0.2) is 0 Å². The van der Waals surface area contributed by atoms with E-state index in [0.717, 1.165) is 0 Å². The lowest BCUT2D eigenvalue weighted by Gasteiger charge is -2.10. The molecule has 0 unspecified atom stereocenters. The molecule has 0 bridgehead atoms. The van der Waals surface area contributed by atoms with E-state index in [0.29, 0.717) is 0 Å². The lowest BCUT2D eigenvalue weighted by molar-refractivity contribution is 1.55. The van der Waals surface area contributed by atoms with E-state index in [1.165, 1.54) is 25.8 Å². The Morgan fingerprint density at radius 3 is 1.32 bits per heavy atom. The van der Waals surface area contributed by atoms with Crippen LogP contribution < -0.4 is 0 Å². The standard InChI is InChI=1S/C18H13I/c19-18-16(14-8-3-1-4-9-14)12-7-13-17(18)15-10-5-2-6-11-15/h1-13H. The Bertz CT molecular complexity index is 615. The zero-order valence-electron chi connectivity index (χ0n) is 10.4. The number of hydrogen-bond donors (Lipinski definition) is 0. The Balaban J connectivity index is 2.15. The predicted molar refractivity (Wildman–Crippen MR) is 90.0 cm³/mol. The lowest BCUT2D eigenvalue weighted by atomic mass is 9.99. The zero-order valence-corrected chi connectivity index (χ0v) is 12.5. The van der Waals surface area contributed by atoms with Crippen molar-refractivity contribution in [1.82, 2.24) is 0 Å². The summed E-state index contributed by atoms with van der Waals surface area (Å²) in [5.74, 6) is 0. The summed E-state index contributed by atoms with van der Waals surface area (Å²) in [4.78, 5) is 0. The van der Waals surface area contributed by atoms with E-state index in [2.05, 4.69) is 101 Å². The van der Waals surface area contributed by atoms with E-state index in [4.69, 9.17) is 0 Å². The molecule has 0 saturated heterocycles. The van der Waals surface area contributed by atoms with E-state index in [1.54, 1.807) is 0 Å². The van der Waals surface area contributed by atoms with Crippen LogP contribution in [0.15, 0.2) is 78.9 Å². The van der Waals surface area contributed by atoms with Crippen molar-refractivity contribution in [3.05, 3.63) is 82.4 Å². The number of benzene rings is 3. The van der Waals surface area contributed by atoms with E-state index < -0.39 is 0 Å². The minimum Gasteiger partial charge on any atom is -0.0622 e. The highest BCUT2D eigenvalue weighted by Crippen LogP contribution is 2.33. The summed E-state index contributed by atoms with van der Waals surface area (Å²) in [6.07, 6.45) is 0. The second-order valence-corrected chi connectivity index (χ2v) is 5.48. The summed E-state index contributed by atoms with van der Waals surface area (Å²) in [6.45, 7) is 0. The van der Waals surface area contributed by atoms with Crippen molar-refractivity contribution in [1.29, 1.82) is 0 Å². The van der Waals surface area contributed by atoms with Crippen molar-refractivity contribution in [3.63, 3.8) is 0 Å². The molecule has 0 amide bonds. The van der Waals surface area contributed by atoms with Gasteiger partial charge < -0.3 is 0 Å². The van der Waals surface area contributed by atoms with Crippen LogP contribution in [0.1, 0.15) is 0 Å². The van der Waals surface area contributed by atoms with E-state index in [1.807, 2.05) is 0 Å². The molecule has 0 spiro atoms. The minimum absolute atomic E-state index is 1.27. The van der Waals surface area contributed by atoms with Gasteiger partial charge in [0.25, 0.3) is 0 Å². The average molecular weight is 356 g/mol. The van der Waals surface area contributed by atoms with E-state index in [9.17, 15) is 0 Å². The van der Waals surface area contributed by atoms with Crippen LogP contribution in [0.5, 0.6) is 0 Å². The Morgan fingerprint density at radius 1 is 0.474 bits per heavy atom. The van der Waals surface area contributed by atoms with E-state index in [-0.39, 0.29) is 0 Å². The second-order valence-electron chi connectivity index (χ2n) is 4.40. The topological polar surface area (TPSA) is 0 Å². The molecule has 0 N–H and O–H groups in total. The SMILES string of the molecule is Ic1c(-c2ccccc2)cccc1-c1ccccc1. The summed E-state index contributed by atoms with van der Waals surface area (Å²) >= 11 is 2.45. The fourth-order valence-corrected chi connectivity index (χ4v) is 3.20. The van der Waals surface area contributed by atoms with E-state index >= 15 is 0 Å². The van der Waals surface area contributed by atoms with Gasteiger partial charge in [-0.2, -0.15) is 0 Å². The number of halogens is 1. The molecule has 92 valence electrons. The van der Waals surface area contributed by atoms with Crippen molar-refractivity contribution >= 4 is 22.6 Å². The van der Waals surface area contributed by atoms with Gasteiger partial charge in [-0.15, -0.1) is 0 Å². The molecule has 19 heavy (non-hydrogen) atoms. The maximum absolute atomic E-state index is 2.45. The zero-order chi connectivity index (χ0) is 13.1. The normalized spacial score (nSPS) is 10.4. The smallest absolute Gasteiger partial charge is 0.0287 e. The van der Waals surface area contributed by atoms with Crippen molar-refractivity contribution in [3.8, 4) is 22.3 Å². The van der Waals surface area contributed by atoms with Gasteiger partial charge in [-0.05, 0) is 44.8 Å². The molecule has 0 aliphatic carbocycles. The van der Waals surface area contributed by atoms with Crippen LogP contribution in [0.25, 0.3) is 22.3 Å². The summed E-state index contributed by atoms with van der Waals surface area (Å²) in [6, 6.07) is 27.6. The third kappa shape index (κ3) is 2.56. The van der Waals surface area contributed by atoms with Gasteiger partial charge in [-0.1, -0.05) is 78.9 Å². The van der Waals surface area contributed by atoms with Crippen molar-refractivity contribution in [2.75, 3.05) is 0 Å². The van der Waals surface area contributed by atoms with Crippen LogP contribution in [-0.2, 0) is 0 Å². The molecular formula is C18H13I. The molecule has 3 aromatic carbocycles. The molecule has 0 fully saturated rings. The fraction of sp³-hybridized carbons (Fsp3) is 0. The largest absolute Gasteiger partial charge is 0.0622 e. The number of rotatable bonds is 2. The summed E-state index contributed by atoms with van der Waals surface area (Å²) in [7, 11) is 0. The first-order valence-corrected chi connectivity index (χ1v) is 7.33. The molecule has 3 rings (SSSR count).